The third-order valence-corrected chi connectivity index (χ3v) is 3.18. The maximum absolute atomic E-state index is 5.62. The second-order valence-corrected chi connectivity index (χ2v) is 4.70. The van der Waals surface area contributed by atoms with Crippen LogP contribution in [0.3, 0.4) is 0 Å². The van der Waals surface area contributed by atoms with Crippen LogP contribution in [0.5, 0.6) is 5.75 Å². The molecule has 0 aliphatic rings. The molecular formula is C14H20BrNO2. The summed E-state index contributed by atoms with van der Waals surface area (Å²) in [7, 11) is 1.70. The minimum atomic E-state index is 0.668. The highest BCUT2D eigenvalue weighted by atomic mass is 79.9. The molecule has 0 spiro atoms. The summed E-state index contributed by atoms with van der Waals surface area (Å²) < 4.78 is 11.7. The fraction of sp³-hybridized carbons (Fsp3) is 0.429. The molecular weight excluding hydrogens is 294 g/mol. The molecule has 0 unspecified atom stereocenters. The highest BCUT2D eigenvalue weighted by molar-refractivity contribution is 9.10. The van der Waals surface area contributed by atoms with Crippen LogP contribution in [-0.2, 0) is 11.3 Å². The number of hydrogen-bond donors (Lipinski definition) is 1. The van der Waals surface area contributed by atoms with E-state index >= 15 is 0 Å². The fourth-order valence-electron chi connectivity index (χ4n) is 1.43. The number of ether oxygens (including phenoxy) is 2. The lowest BCUT2D eigenvalue weighted by Gasteiger charge is -2.10. The molecule has 4 heteroatoms. The number of methoxy groups -OCH3 is 1. The molecule has 3 nitrogen and oxygen atoms in total. The van der Waals surface area contributed by atoms with E-state index in [4.69, 9.17) is 9.47 Å². The van der Waals surface area contributed by atoms with Gasteiger partial charge in [-0.2, -0.15) is 0 Å². The van der Waals surface area contributed by atoms with Crippen LogP contribution in [0.2, 0.25) is 0 Å². The Hall–Kier alpha value is -0.840. The molecule has 1 aromatic carbocycles. The van der Waals surface area contributed by atoms with Crippen LogP contribution in [0.25, 0.3) is 0 Å². The fourth-order valence-corrected chi connectivity index (χ4v) is 1.82. The third-order valence-electron chi connectivity index (χ3n) is 2.41. The Bertz CT molecular complexity index is 369. The van der Waals surface area contributed by atoms with Crippen molar-refractivity contribution in [2.45, 2.75) is 13.0 Å². The lowest BCUT2D eigenvalue weighted by Crippen LogP contribution is -2.18. The van der Waals surface area contributed by atoms with Crippen molar-refractivity contribution in [1.29, 1.82) is 0 Å². The smallest absolute Gasteiger partial charge is 0.119 e. The topological polar surface area (TPSA) is 30.5 Å². The minimum absolute atomic E-state index is 0.668. The molecule has 1 aromatic rings. The van der Waals surface area contributed by atoms with Crippen LogP contribution in [0.1, 0.15) is 12.0 Å². The summed E-state index contributed by atoms with van der Waals surface area (Å²) in [5.41, 5.74) is 1.18. The first-order valence-corrected chi connectivity index (χ1v) is 6.79. The second-order valence-electron chi connectivity index (χ2n) is 3.85. The molecule has 18 heavy (non-hydrogen) atoms. The quantitative estimate of drug-likeness (QED) is 0.561. The maximum atomic E-state index is 5.62. The van der Waals surface area contributed by atoms with E-state index in [1.165, 1.54) is 5.56 Å². The van der Waals surface area contributed by atoms with Crippen molar-refractivity contribution in [1.82, 2.24) is 5.32 Å². The lowest BCUT2D eigenvalue weighted by molar-refractivity contribution is 0.199. The van der Waals surface area contributed by atoms with Gasteiger partial charge in [0.05, 0.1) is 13.2 Å². The lowest BCUT2D eigenvalue weighted by atomic mass is 10.2. The zero-order valence-corrected chi connectivity index (χ0v) is 12.3. The molecule has 1 rings (SSSR count). The molecule has 0 heterocycles. The average molecular weight is 314 g/mol. The molecule has 0 radical (unpaired) electrons. The molecule has 0 aliphatic heterocycles. The summed E-state index contributed by atoms with van der Waals surface area (Å²) >= 11 is 3.54. The van der Waals surface area contributed by atoms with Gasteiger partial charge in [-0.25, -0.2) is 0 Å². The first-order chi connectivity index (χ1) is 8.77. The number of benzene rings is 1. The number of halogens is 1. The van der Waals surface area contributed by atoms with E-state index in [1.807, 2.05) is 24.3 Å². The standard InChI is InChI=1S/C14H20BrNO2/c1-3-4-8-18-13-5-6-14(15)12(10-13)11-16-7-9-17-2/h3,5-6,10,16H,1,4,7-9,11H2,2H3. The summed E-state index contributed by atoms with van der Waals surface area (Å²) in [4.78, 5) is 0. The average Bonchev–Trinajstić information content (AvgIpc) is 2.38. The summed E-state index contributed by atoms with van der Waals surface area (Å²) in [5, 5.41) is 3.31. The van der Waals surface area contributed by atoms with Gasteiger partial charge >= 0.3 is 0 Å². The largest absolute Gasteiger partial charge is 0.493 e. The van der Waals surface area contributed by atoms with Crippen molar-refractivity contribution in [2.75, 3.05) is 26.9 Å². The van der Waals surface area contributed by atoms with Crippen LogP contribution in [0, 0.1) is 0 Å². The normalized spacial score (nSPS) is 10.3. The van der Waals surface area contributed by atoms with E-state index in [2.05, 4.69) is 27.8 Å². The molecule has 0 fully saturated rings. The van der Waals surface area contributed by atoms with Gasteiger partial charge in [0.25, 0.3) is 0 Å². The monoisotopic (exact) mass is 313 g/mol. The van der Waals surface area contributed by atoms with Crippen LogP contribution < -0.4 is 10.1 Å². The van der Waals surface area contributed by atoms with E-state index in [1.54, 1.807) is 7.11 Å². The Morgan fingerprint density at radius 2 is 2.22 bits per heavy atom. The van der Waals surface area contributed by atoms with E-state index < -0.39 is 0 Å². The van der Waals surface area contributed by atoms with Crippen molar-refractivity contribution in [2.24, 2.45) is 0 Å². The van der Waals surface area contributed by atoms with E-state index in [9.17, 15) is 0 Å². The Kier molecular flexibility index (Phi) is 7.73. The van der Waals surface area contributed by atoms with Gasteiger partial charge in [-0.05, 0) is 30.2 Å². The Balaban J connectivity index is 2.49. The first kappa shape index (κ1) is 15.2. The predicted octanol–water partition coefficient (Wildman–Crippen LogP) is 3.14. The second kappa shape index (κ2) is 9.14. The SMILES string of the molecule is C=CCCOc1ccc(Br)c(CNCCOC)c1. The highest BCUT2D eigenvalue weighted by Gasteiger charge is 2.02. The Labute approximate surface area is 117 Å². The zero-order chi connectivity index (χ0) is 13.2. The molecule has 0 saturated heterocycles. The molecule has 0 saturated carbocycles. The highest BCUT2D eigenvalue weighted by Crippen LogP contribution is 2.22. The predicted molar refractivity (Wildman–Crippen MR) is 78.0 cm³/mol. The molecule has 0 bridgehead atoms. The summed E-state index contributed by atoms with van der Waals surface area (Å²) in [5.74, 6) is 0.892. The number of hydrogen-bond acceptors (Lipinski definition) is 3. The van der Waals surface area contributed by atoms with Crippen molar-refractivity contribution in [3.63, 3.8) is 0 Å². The van der Waals surface area contributed by atoms with Crippen LogP contribution in [0.15, 0.2) is 35.3 Å². The van der Waals surface area contributed by atoms with Gasteiger partial charge in [0.1, 0.15) is 5.75 Å². The first-order valence-electron chi connectivity index (χ1n) is 5.99. The van der Waals surface area contributed by atoms with Crippen LogP contribution >= 0.6 is 15.9 Å². The van der Waals surface area contributed by atoms with Crippen molar-refractivity contribution >= 4 is 15.9 Å². The maximum Gasteiger partial charge on any atom is 0.119 e. The van der Waals surface area contributed by atoms with Gasteiger partial charge in [0.2, 0.25) is 0 Å². The van der Waals surface area contributed by atoms with Gasteiger partial charge in [0, 0.05) is 24.7 Å². The summed E-state index contributed by atoms with van der Waals surface area (Å²) in [6.07, 6.45) is 2.71. The Morgan fingerprint density at radius 3 is 2.94 bits per heavy atom. The van der Waals surface area contributed by atoms with Gasteiger partial charge in [-0.1, -0.05) is 22.0 Å². The van der Waals surface area contributed by atoms with E-state index in [-0.39, 0.29) is 0 Å². The van der Waals surface area contributed by atoms with E-state index in [0.29, 0.717) is 13.2 Å². The summed E-state index contributed by atoms with van der Waals surface area (Å²) in [6.45, 7) is 6.69. The number of rotatable bonds is 9. The van der Waals surface area contributed by atoms with Crippen molar-refractivity contribution in [3.8, 4) is 5.75 Å². The number of nitrogens with one attached hydrogen (secondary N) is 1. The van der Waals surface area contributed by atoms with Crippen molar-refractivity contribution < 1.29 is 9.47 Å². The zero-order valence-electron chi connectivity index (χ0n) is 10.7. The third kappa shape index (κ3) is 5.67. The van der Waals surface area contributed by atoms with Crippen LogP contribution in [-0.4, -0.2) is 26.9 Å². The molecule has 100 valence electrons. The minimum Gasteiger partial charge on any atom is -0.493 e. The van der Waals surface area contributed by atoms with Gasteiger partial charge in [0.15, 0.2) is 0 Å². The van der Waals surface area contributed by atoms with Crippen LogP contribution in [0.4, 0.5) is 0 Å². The molecule has 0 atom stereocenters. The Morgan fingerprint density at radius 1 is 1.39 bits per heavy atom. The van der Waals surface area contributed by atoms with Gasteiger partial charge in [-0.3, -0.25) is 0 Å². The molecule has 0 aromatic heterocycles. The van der Waals surface area contributed by atoms with Crippen molar-refractivity contribution in [3.05, 3.63) is 40.9 Å². The molecule has 1 N–H and O–H groups in total. The van der Waals surface area contributed by atoms with E-state index in [0.717, 1.165) is 29.7 Å². The van der Waals surface area contributed by atoms with Gasteiger partial charge < -0.3 is 14.8 Å². The molecule has 0 amide bonds. The summed E-state index contributed by atoms with van der Waals surface area (Å²) in [6, 6.07) is 6.02. The molecule has 0 aliphatic carbocycles. The van der Waals surface area contributed by atoms with Gasteiger partial charge in [-0.15, -0.1) is 6.58 Å².